The molecule has 28 heavy (non-hydrogen) atoms. The van der Waals surface area contributed by atoms with E-state index in [0.29, 0.717) is 24.6 Å². The topological polar surface area (TPSA) is 76.2 Å². The summed E-state index contributed by atoms with van der Waals surface area (Å²) < 4.78 is 7.02. The lowest BCUT2D eigenvalue weighted by Crippen LogP contribution is -2.46. The zero-order valence-corrected chi connectivity index (χ0v) is 16.0. The number of hydrogen-bond acceptors (Lipinski definition) is 6. The van der Waals surface area contributed by atoms with E-state index < -0.39 is 0 Å². The number of aryl methyl sites for hydroxylation is 1. The summed E-state index contributed by atoms with van der Waals surface area (Å²) in [5, 5.41) is 11.6. The molecule has 1 aliphatic rings. The van der Waals surface area contributed by atoms with Crippen molar-refractivity contribution in [3.05, 3.63) is 63.8 Å². The van der Waals surface area contributed by atoms with E-state index >= 15 is 0 Å². The molecule has 8 nitrogen and oxygen atoms in total. The summed E-state index contributed by atoms with van der Waals surface area (Å²) in [4.78, 5) is 20.2. The monoisotopic (exact) mass is 381 g/mol. The first-order valence-corrected chi connectivity index (χ1v) is 9.29. The van der Waals surface area contributed by atoms with E-state index in [1.54, 1.807) is 29.8 Å². The highest BCUT2D eigenvalue weighted by Gasteiger charge is 2.29. The van der Waals surface area contributed by atoms with Gasteiger partial charge in [0.05, 0.1) is 13.3 Å². The predicted octanol–water partition coefficient (Wildman–Crippen LogP) is 2.88. The Morgan fingerprint density at radius 2 is 1.96 bits per heavy atom. The minimum Gasteiger partial charge on any atom is -0.496 e. The van der Waals surface area contributed by atoms with Crippen molar-refractivity contribution in [1.82, 2.24) is 14.3 Å². The highest BCUT2D eigenvalue weighted by Crippen LogP contribution is 2.30. The number of methoxy groups -OCH3 is 1. The minimum absolute atomic E-state index is 0.0319. The first kappa shape index (κ1) is 18.2. The summed E-state index contributed by atoms with van der Waals surface area (Å²) in [6, 6.07) is 11.6. The van der Waals surface area contributed by atoms with E-state index in [9.17, 15) is 10.1 Å². The SMILES string of the molecule is COc1ccc(C)cc1CN1CCN(c2nc3ccccn3c2[N+](=O)[O-])CC1. The molecule has 0 atom stereocenters. The minimum atomic E-state index is -0.348. The van der Waals surface area contributed by atoms with Gasteiger partial charge < -0.3 is 19.8 Å². The molecule has 0 radical (unpaired) electrons. The molecule has 8 heteroatoms. The van der Waals surface area contributed by atoms with Crippen LogP contribution in [-0.2, 0) is 6.54 Å². The summed E-state index contributed by atoms with van der Waals surface area (Å²) in [7, 11) is 1.69. The van der Waals surface area contributed by atoms with E-state index in [0.717, 1.165) is 30.9 Å². The maximum Gasteiger partial charge on any atom is 0.372 e. The summed E-state index contributed by atoms with van der Waals surface area (Å²) in [6.07, 6.45) is 1.68. The van der Waals surface area contributed by atoms with Crippen LogP contribution in [0.2, 0.25) is 0 Å². The van der Waals surface area contributed by atoms with E-state index in [1.165, 1.54) is 5.56 Å². The smallest absolute Gasteiger partial charge is 0.372 e. The quantitative estimate of drug-likeness (QED) is 0.500. The van der Waals surface area contributed by atoms with Gasteiger partial charge in [0.15, 0.2) is 0 Å². The number of pyridine rings is 1. The first-order valence-electron chi connectivity index (χ1n) is 9.29. The highest BCUT2D eigenvalue weighted by molar-refractivity contribution is 5.63. The maximum absolute atomic E-state index is 11.6. The summed E-state index contributed by atoms with van der Waals surface area (Å²) in [6.45, 7) is 5.87. The van der Waals surface area contributed by atoms with Crippen LogP contribution in [0.25, 0.3) is 5.65 Å². The van der Waals surface area contributed by atoms with Gasteiger partial charge in [0.1, 0.15) is 5.75 Å². The summed E-state index contributed by atoms with van der Waals surface area (Å²) >= 11 is 0. The number of anilines is 1. The lowest BCUT2D eigenvalue weighted by molar-refractivity contribution is -0.389. The maximum atomic E-state index is 11.6. The number of nitrogens with zero attached hydrogens (tertiary/aromatic N) is 5. The molecule has 146 valence electrons. The Hall–Kier alpha value is -3.13. The average Bonchev–Trinajstić information content (AvgIpc) is 3.08. The first-order chi connectivity index (χ1) is 13.6. The van der Waals surface area contributed by atoms with Crippen LogP contribution >= 0.6 is 0 Å². The molecule has 1 aliphatic heterocycles. The van der Waals surface area contributed by atoms with Gasteiger partial charge in [0.2, 0.25) is 11.5 Å². The van der Waals surface area contributed by atoms with E-state index in [-0.39, 0.29) is 10.7 Å². The van der Waals surface area contributed by atoms with Crippen molar-refractivity contribution in [3.8, 4) is 5.75 Å². The predicted molar refractivity (Wildman–Crippen MR) is 107 cm³/mol. The van der Waals surface area contributed by atoms with E-state index in [4.69, 9.17) is 4.74 Å². The Morgan fingerprint density at radius 3 is 2.68 bits per heavy atom. The molecule has 2 aromatic heterocycles. The van der Waals surface area contributed by atoms with Gasteiger partial charge in [-0.25, -0.2) is 0 Å². The largest absolute Gasteiger partial charge is 0.496 e. The van der Waals surface area contributed by atoms with Gasteiger partial charge in [-0.15, -0.1) is 0 Å². The second-order valence-corrected chi connectivity index (χ2v) is 7.02. The van der Waals surface area contributed by atoms with Crippen molar-refractivity contribution >= 4 is 17.3 Å². The van der Waals surface area contributed by atoms with Gasteiger partial charge in [0.25, 0.3) is 0 Å². The third kappa shape index (κ3) is 3.38. The number of fused-ring (bicyclic) bond motifs is 1. The second kappa shape index (κ2) is 7.47. The lowest BCUT2D eigenvalue weighted by atomic mass is 10.1. The molecule has 0 saturated carbocycles. The number of nitro groups is 1. The van der Waals surface area contributed by atoms with Crippen LogP contribution in [0.3, 0.4) is 0 Å². The second-order valence-electron chi connectivity index (χ2n) is 7.02. The molecule has 0 spiro atoms. The molecule has 4 rings (SSSR count). The van der Waals surface area contributed by atoms with E-state index in [2.05, 4.69) is 22.9 Å². The van der Waals surface area contributed by atoms with Crippen LogP contribution in [0.4, 0.5) is 11.6 Å². The molecule has 3 heterocycles. The number of imidazole rings is 1. The Balaban J connectivity index is 1.51. The van der Waals surface area contributed by atoms with E-state index in [1.807, 2.05) is 23.1 Å². The highest BCUT2D eigenvalue weighted by atomic mass is 16.6. The summed E-state index contributed by atoms with van der Waals surface area (Å²) in [5.41, 5.74) is 2.96. The molecule has 0 N–H and O–H groups in total. The molecule has 0 aliphatic carbocycles. The number of rotatable bonds is 5. The number of hydrogen-bond donors (Lipinski definition) is 0. The molecule has 0 unspecified atom stereocenters. The Labute approximate surface area is 163 Å². The van der Waals surface area contributed by atoms with Gasteiger partial charge in [-0.3, -0.25) is 4.90 Å². The van der Waals surface area contributed by atoms with Gasteiger partial charge in [-0.2, -0.15) is 9.38 Å². The fraction of sp³-hybridized carbons (Fsp3) is 0.350. The molecular formula is C20H23N5O3. The van der Waals surface area contributed by atoms with Gasteiger partial charge in [-0.05, 0) is 24.0 Å². The number of aromatic nitrogens is 2. The zero-order chi connectivity index (χ0) is 19.7. The normalized spacial score (nSPS) is 15.1. The molecule has 3 aromatic rings. The summed E-state index contributed by atoms with van der Waals surface area (Å²) in [5.74, 6) is 1.37. The van der Waals surface area contributed by atoms with Crippen molar-refractivity contribution in [1.29, 1.82) is 0 Å². The molecular weight excluding hydrogens is 358 g/mol. The molecule has 0 amide bonds. The lowest BCUT2D eigenvalue weighted by Gasteiger charge is -2.34. The van der Waals surface area contributed by atoms with Crippen LogP contribution < -0.4 is 9.64 Å². The fourth-order valence-electron chi connectivity index (χ4n) is 3.74. The van der Waals surface area contributed by atoms with Crippen LogP contribution in [0.1, 0.15) is 11.1 Å². The number of piperazine rings is 1. The molecule has 1 fully saturated rings. The van der Waals surface area contributed by atoms with Crippen LogP contribution in [0.5, 0.6) is 5.75 Å². The van der Waals surface area contributed by atoms with Crippen molar-refractivity contribution in [2.45, 2.75) is 13.5 Å². The molecule has 1 saturated heterocycles. The van der Waals surface area contributed by atoms with Gasteiger partial charge >= 0.3 is 5.82 Å². The van der Waals surface area contributed by atoms with Crippen LogP contribution in [-0.4, -0.2) is 52.5 Å². The third-order valence-electron chi connectivity index (χ3n) is 5.16. The number of ether oxygens (including phenoxy) is 1. The number of benzene rings is 1. The fourth-order valence-corrected chi connectivity index (χ4v) is 3.74. The average molecular weight is 381 g/mol. The van der Waals surface area contributed by atoms with Crippen molar-refractivity contribution < 1.29 is 9.66 Å². The van der Waals surface area contributed by atoms with Crippen molar-refractivity contribution in [2.75, 3.05) is 38.2 Å². The van der Waals surface area contributed by atoms with Crippen molar-refractivity contribution in [3.63, 3.8) is 0 Å². The van der Waals surface area contributed by atoms with Gasteiger partial charge in [-0.1, -0.05) is 23.8 Å². The van der Waals surface area contributed by atoms with Crippen molar-refractivity contribution in [2.24, 2.45) is 0 Å². The van der Waals surface area contributed by atoms with Crippen LogP contribution in [0.15, 0.2) is 42.6 Å². The Morgan fingerprint density at radius 1 is 1.18 bits per heavy atom. The third-order valence-corrected chi connectivity index (χ3v) is 5.16. The Kier molecular flexibility index (Phi) is 4.87. The Bertz CT molecular complexity index is 1010. The standard InChI is InChI=1S/C20H23N5O3/c1-15-6-7-17(28-2)16(13-15)14-22-9-11-23(12-10-22)19-20(25(26)27)24-8-4-3-5-18(24)21-19/h3-8,13H,9-12,14H2,1-2H3. The molecule has 1 aromatic carbocycles. The zero-order valence-electron chi connectivity index (χ0n) is 16.0. The van der Waals surface area contributed by atoms with Gasteiger partial charge in [0, 0.05) is 44.4 Å². The van der Waals surface area contributed by atoms with Crippen LogP contribution in [0, 0.1) is 17.0 Å². The molecule has 0 bridgehead atoms.